The van der Waals surface area contributed by atoms with E-state index in [1.807, 2.05) is 77.5 Å². The smallest absolute Gasteiger partial charge is 0.240 e. The number of carbonyl (C=O) groups is 2. The van der Waals surface area contributed by atoms with Crippen molar-refractivity contribution in [2.75, 3.05) is 0 Å². The van der Waals surface area contributed by atoms with Gasteiger partial charge in [0.2, 0.25) is 11.8 Å². The minimum absolute atomic E-state index is 0.186. The van der Waals surface area contributed by atoms with E-state index in [-0.39, 0.29) is 5.91 Å². The van der Waals surface area contributed by atoms with E-state index in [0.29, 0.717) is 24.3 Å². The zero-order valence-corrected chi connectivity index (χ0v) is 20.6. The predicted octanol–water partition coefficient (Wildman–Crippen LogP) is 4.51. The van der Waals surface area contributed by atoms with Crippen LogP contribution < -0.4 is 11.1 Å². The number of carbonyl (C=O) groups excluding carboxylic acids is 2. The minimum atomic E-state index is -0.730. The van der Waals surface area contributed by atoms with Crippen molar-refractivity contribution in [1.82, 2.24) is 20.1 Å². The highest BCUT2D eigenvalue weighted by Gasteiger charge is 2.18. The number of unbranched alkanes of at least 4 members (excludes halogenated alkanes) is 1. The third kappa shape index (κ3) is 6.79. The molecule has 1 atom stereocenters. The van der Waals surface area contributed by atoms with E-state index in [2.05, 4.69) is 10.3 Å². The standard InChI is InChI=1S/C28H28ClN5O2/c29-22-11-6-13-23(17-22)34-24(18-25(33-34)21-10-7-15-31-19-21)12-4-5-14-27(35)32-26(28(30)36)16-20-8-2-1-3-9-20/h1-3,6-11,13,15,17-19,26H,4-5,12,14,16H2,(H2,30,36)(H,32,35). The average Bonchev–Trinajstić information content (AvgIpc) is 3.32. The fourth-order valence-electron chi connectivity index (χ4n) is 4.02. The summed E-state index contributed by atoms with van der Waals surface area (Å²) >= 11 is 6.22. The number of amides is 2. The fourth-order valence-corrected chi connectivity index (χ4v) is 4.20. The van der Waals surface area contributed by atoms with Gasteiger partial charge in [-0.2, -0.15) is 5.10 Å². The molecule has 0 aliphatic carbocycles. The van der Waals surface area contributed by atoms with Crippen LogP contribution >= 0.6 is 11.6 Å². The van der Waals surface area contributed by atoms with Crippen molar-refractivity contribution >= 4 is 23.4 Å². The highest BCUT2D eigenvalue weighted by molar-refractivity contribution is 6.30. The minimum Gasteiger partial charge on any atom is -0.368 e. The van der Waals surface area contributed by atoms with Gasteiger partial charge in [-0.3, -0.25) is 14.6 Å². The van der Waals surface area contributed by atoms with Crippen LogP contribution in [0.4, 0.5) is 0 Å². The second-order valence-corrected chi connectivity index (χ2v) is 9.01. The Morgan fingerprint density at radius 2 is 1.83 bits per heavy atom. The molecule has 2 heterocycles. The van der Waals surface area contributed by atoms with Gasteiger partial charge in [0.25, 0.3) is 0 Å². The van der Waals surface area contributed by atoms with Crippen LogP contribution in [0.15, 0.2) is 85.2 Å². The molecule has 0 aliphatic rings. The summed E-state index contributed by atoms with van der Waals surface area (Å²) in [5.41, 5.74) is 10.1. The lowest BCUT2D eigenvalue weighted by atomic mass is 10.0. The van der Waals surface area contributed by atoms with Crippen molar-refractivity contribution in [3.63, 3.8) is 0 Å². The number of rotatable bonds is 11. The van der Waals surface area contributed by atoms with Gasteiger partial charge in [0.05, 0.1) is 11.4 Å². The van der Waals surface area contributed by atoms with Crippen LogP contribution in [-0.4, -0.2) is 32.6 Å². The van der Waals surface area contributed by atoms with Crippen LogP contribution in [0.1, 0.15) is 30.5 Å². The summed E-state index contributed by atoms with van der Waals surface area (Å²) in [6.45, 7) is 0. The van der Waals surface area contributed by atoms with Crippen molar-refractivity contribution in [3.8, 4) is 16.9 Å². The second kappa shape index (κ2) is 12.1. The van der Waals surface area contributed by atoms with Gasteiger partial charge in [-0.05, 0) is 61.2 Å². The first-order valence-electron chi connectivity index (χ1n) is 11.9. The Kier molecular flexibility index (Phi) is 8.47. The maximum Gasteiger partial charge on any atom is 0.240 e. The summed E-state index contributed by atoms with van der Waals surface area (Å²) in [6.07, 6.45) is 6.33. The second-order valence-electron chi connectivity index (χ2n) is 8.57. The molecule has 0 radical (unpaired) electrons. The number of aromatic nitrogens is 3. The van der Waals surface area contributed by atoms with Gasteiger partial charge in [-0.25, -0.2) is 4.68 Å². The van der Waals surface area contributed by atoms with Gasteiger partial charge in [-0.15, -0.1) is 0 Å². The van der Waals surface area contributed by atoms with Crippen molar-refractivity contribution in [1.29, 1.82) is 0 Å². The summed E-state index contributed by atoms with van der Waals surface area (Å²) in [4.78, 5) is 28.6. The number of benzene rings is 2. The summed E-state index contributed by atoms with van der Waals surface area (Å²) in [6, 6.07) is 22.2. The third-order valence-electron chi connectivity index (χ3n) is 5.84. The number of pyridine rings is 1. The van der Waals surface area contributed by atoms with Crippen LogP contribution in [0.3, 0.4) is 0 Å². The molecule has 0 aliphatic heterocycles. The van der Waals surface area contributed by atoms with Crippen LogP contribution in [-0.2, 0) is 22.4 Å². The number of primary amides is 1. The van der Waals surface area contributed by atoms with E-state index in [0.717, 1.165) is 41.0 Å². The molecule has 0 spiro atoms. The van der Waals surface area contributed by atoms with Crippen molar-refractivity contribution in [2.24, 2.45) is 5.73 Å². The van der Waals surface area contributed by atoms with Gasteiger partial charge in [0.15, 0.2) is 0 Å². The normalized spacial score (nSPS) is 11.7. The summed E-state index contributed by atoms with van der Waals surface area (Å²) < 4.78 is 1.89. The Labute approximate surface area is 215 Å². The number of nitrogens with one attached hydrogen (secondary N) is 1. The lowest BCUT2D eigenvalue weighted by molar-refractivity contribution is -0.127. The Bertz CT molecular complexity index is 1310. The Hall–Kier alpha value is -3.97. The molecule has 4 rings (SSSR count). The number of hydrogen-bond acceptors (Lipinski definition) is 4. The predicted molar refractivity (Wildman–Crippen MR) is 141 cm³/mol. The summed E-state index contributed by atoms with van der Waals surface area (Å²) in [7, 11) is 0. The summed E-state index contributed by atoms with van der Waals surface area (Å²) in [5, 5.41) is 8.20. The van der Waals surface area contributed by atoms with E-state index in [9.17, 15) is 9.59 Å². The van der Waals surface area contributed by atoms with E-state index < -0.39 is 11.9 Å². The number of nitrogens with zero attached hydrogens (tertiary/aromatic N) is 3. The maximum atomic E-state index is 12.5. The van der Waals surface area contributed by atoms with Crippen LogP contribution in [0.25, 0.3) is 16.9 Å². The lowest BCUT2D eigenvalue weighted by Gasteiger charge is -2.15. The SMILES string of the molecule is NC(=O)C(Cc1ccccc1)NC(=O)CCCCc1cc(-c2cccnc2)nn1-c1cccc(Cl)c1. The monoisotopic (exact) mass is 501 g/mol. The first-order valence-corrected chi connectivity index (χ1v) is 12.3. The number of nitrogens with two attached hydrogens (primary N) is 1. The molecule has 0 saturated carbocycles. The average molecular weight is 502 g/mol. The third-order valence-corrected chi connectivity index (χ3v) is 6.08. The van der Waals surface area contributed by atoms with Gasteiger partial charge in [-0.1, -0.05) is 48.0 Å². The molecule has 184 valence electrons. The zero-order chi connectivity index (χ0) is 25.3. The fraction of sp³-hybridized carbons (Fsp3) is 0.214. The Morgan fingerprint density at radius 1 is 1.00 bits per heavy atom. The molecule has 7 nitrogen and oxygen atoms in total. The van der Waals surface area contributed by atoms with Gasteiger partial charge >= 0.3 is 0 Å². The molecule has 0 fully saturated rings. The number of halogens is 1. The molecular formula is C28H28ClN5O2. The molecule has 0 saturated heterocycles. The highest BCUT2D eigenvalue weighted by atomic mass is 35.5. The molecule has 8 heteroatoms. The number of aryl methyl sites for hydroxylation is 1. The van der Waals surface area contributed by atoms with E-state index >= 15 is 0 Å². The molecule has 36 heavy (non-hydrogen) atoms. The molecule has 1 unspecified atom stereocenters. The van der Waals surface area contributed by atoms with Gasteiger partial charge in [0, 0.05) is 41.5 Å². The van der Waals surface area contributed by atoms with E-state index in [1.165, 1.54) is 0 Å². The largest absolute Gasteiger partial charge is 0.368 e. The van der Waals surface area contributed by atoms with Gasteiger partial charge < -0.3 is 11.1 Å². The zero-order valence-electron chi connectivity index (χ0n) is 19.8. The molecule has 2 aromatic carbocycles. The van der Waals surface area contributed by atoms with Crippen molar-refractivity contribution < 1.29 is 9.59 Å². The summed E-state index contributed by atoms with van der Waals surface area (Å²) in [5.74, 6) is -0.727. The van der Waals surface area contributed by atoms with Crippen LogP contribution in [0, 0.1) is 0 Å². The molecule has 4 aromatic rings. The Morgan fingerprint density at radius 3 is 2.56 bits per heavy atom. The molecule has 2 aromatic heterocycles. The first-order chi connectivity index (χ1) is 17.5. The van der Waals surface area contributed by atoms with Crippen molar-refractivity contribution in [2.45, 2.75) is 38.1 Å². The van der Waals surface area contributed by atoms with Crippen LogP contribution in [0.2, 0.25) is 5.02 Å². The number of hydrogen-bond donors (Lipinski definition) is 2. The van der Waals surface area contributed by atoms with E-state index in [4.69, 9.17) is 22.4 Å². The van der Waals surface area contributed by atoms with E-state index in [1.54, 1.807) is 12.4 Å². The van der Waals surface area contributed by atoms with Gasteiger partial charge in [0.1, 0.15) is 6.04 Å². The topological polar surface area (TPSA) is 103 Å². The van der Waals surface area contributed by atoms with Crippen LogP contribution in [0.5, 0.6) is 0 Å². The lowest BCUT2D eigenvalue weighted by Crippen LogP contribution is -2.45. The molecule has 0 bridgehead atoms. The maximum absolute atomic E-state index is 12.5. The molecule has 3 N–H and O–H groups in total. The van der Waals surface area contributed by atoms with Crippen molar-refractivity contribution in [3.05, 3.63) is 101 Å². The highest BCUT2D eigenvalue weighted by Crippen LogP contribution is 2.24. The molecular weight excluding hydrogens is 474 g/mol. The Balaban J connectivity index is 1.38. The quantitative estimate of drug-likeness (QED) is 0.295. The first kappa shape index (κ1) is 25.1. The molecule has 2 amide bonds.